The zero-order valence-electron chi connectivity index (χ0n) is 11.4. The highest BCUT2D eigenvalue weighted by Crippen LogP contribution is 2.14. The highest BCUT2D eigenvalue weighted by Gasteiger charge is 2.08. The molecule has 0 saturated heterocycles. The maximum absolute atomic E-state index is 11.7. The molecule has 1 heterocycles. The molecule has 3 N–H and O–H groups in total. The van der Waals surface area contributed by atoms with Crippen LogP contribution in [0.15, 0.2) is 48.8 Å². The van der Waals surface area contributed by atoms with Crippen LogP contribution in [0.2, 0.25) is 0 Å². The SMILES string of the molecule is NC(CCC(=O)NCCn1cccn1)c1ccccc1. The summed E-state index contributed by atoms with van der Waals surface area (Å²) in [6.07, 6.45) is 4.69. The zero-order chi connectivity index (χ0) is 14.2. The molecule has 1 unspecified atom stereocenters. The Balaban J connectivity index is 1.65. The second-order valence-electron chi connectivity index (χ2n) is 4.67. The van der Waals surface area contributed by atoms with Gasteiger partial charge in [0.25, 0.3) is 0 Å². The summed E-state index contributed by atoms with van der Waals surface area (Å²) in [5, 5.41) is 6.94. The molecular weight excluding hydrogens is 252 g/mol. The third kappa shape index (κ3) is 4.51. The zero-order valence-corrected chi connectivity index (χ0v) is 11.4. The molecular formula is C15H20N4O. The number of carbonyl (C=O) groups is 1. The van der Waals surface area contributed by atoms with Gasteiger partial charge < -0.3 is 11.1 Å². The number of hydrogen-bond acceptors (Lipinski definition) is 3. The van der Waals surface area contributed by atoms with E-state index in [0.717, 1.165) is 5.56 Å². The van der Waals surface area contributed by atoms with Crippen molar-refractivity contribution in [2.75, 3.05) is 6.54 Å². The Kier molecular flexibility index (Phi) is 5.32. The van der Waals surface area contributed by atoms with Crippen LogP contribution in [-0.4, -0.2) is 22.2 Å². The number of hydrogen-bond donors (Lipinski definition) is 2. The van der Waals surface area contributed by atoms with Crippen LogP contribution in [0.5, 0.6) is 0 Å². The fraction of sp³-hybridized carbons (Fsp3) is 0.333. The number of rotatable bonds is 7. The van der Waals surface area contributed by atoms with Crippen LogP contribution in [0, 0.1) is 0 Å². The predicted octanol–water partition coefficient (Wildman–Crippen LogP) is 1.48. The van der Waals surface area contributed by atoms with Crippen LogP contribution in [-0.2, 0) is 11.3 Å². The minimum atomic E-state index is -0.0898. The Morgan fingerprint density at radius 2 is 2.10 bits per heavy atom. The molecule has 5 heteroatoms. The lowest BCUT2D eigenvalue weighted by Crippen LogP contribution is -2.28. The third-order valence-electron chi connectivity index (χ3n) is 3.13. The molecule has 0 radical (unpaired) electrons. The van der Waals surface area contributed by atoms with E-state index in [1.54, 1.807) is 10.9 Å². The number of benzene rings is 1. The van der Waals surface area contributed by atoms with Crippen molar-refractivity contribution in [3.05, 3.63) is 54.4 Å². The van der Waals surface area contributed by atoms with Crippen LogP contribution < -0.4 is 11.1 Å². The Morgan fingerprint density at radius 1 is 1.30 bits per heavy atom. The van der Waals surface area contributed by atoms with Crippen molar-refractivity contribution in [1.29, 1.82) is 0 Å². The Hall–Kier alpha value is -2.14. The van der Waals surface area contributed by atoms with Gasteiger partial charge >= 0.3 is 0 Å². The summed E-state index contributed by atoms with van der Waals surface area (Å²) in [5.41, 5.74) is 7.12. The minimum absolute atomic E-state index is 0.0311. The topological polar surface area (TPSA) is 72.9 Å². The normalized spacial score (nSPS) is 12.1. The minimum Gasteiger partial charge on any atom is -0.354 e. The maximum Gasteiger partial charge on any atom is 0.220 e. The van der Waals surface area contributed by atoms with Crippen LogP contribution in [0.25, 0.3) is 0 Å². The van der Waals surface area contributed by atoms with E-state index in [2.05, 4.69) is 10.4 Å². The van der Waals surface area contributed by atoms with Gasteiger partial charge in [-0.25, -0.2) is 0 Å². The average molecular weight is 272 g/mol. The molecule has 5 nitrogen and oxygen atoms in total. The molecule has 0 bridgehead atoms. The molecule has 0 aliphatic rings. The number of nitrogens with two attached hydrogens (primary N) is 1. The van der Waals surface area contributed by atoms with Gasteiger partial charge in [0.05, 0.1) is 6.54 Å². The first-order valence-corrected chi connectivity index (χ1v) is 6.80. The van der Waals surface area contributed by atoms with Gasteiger partial charge in [0.1, 0.15) is 0 Å². The summed E-state index contributed by atoms with van der Waals surface area (Å²) in [6.45, 7) is 1.27. The van der Waals surface area contributed by atoms with Crippen molar-refractivity contribution >= 4 is 5.91 Å². The highest BCUT2D eigenvalue weighted by atomic mass is 16.1. The fourth-order valence-corrected chi connectivity index (χ4v) is 1.98. The van der Waals surface area contributed by atoms with Crippen molar-refractivity contribution in [3.8, 4) is 0 Å². The molecule has 2 aromatic rings. The number of amides is 1. The molecule has 0 fully saturated rings. The van der Waals surface area contributed by atoms with Gasteiger partial charge in [-0.3, -0.25) is 9.48 Å². The molecule has 1 amide bonds. The van der Waals surface area contributed by atoms with Gasteiger partial charge in [-0.1, -0.05) is 30.3 Å². The molecule has 106 valence electrons. The van der Waals surface area contributed by atoms with Gasteiger partial charge in [-0.2, -0.15) is 5.10 Å². The lowest BCUT2D eigenvalue weighted by Gasteiger charge is -2.11. The second-order valence-corrected chi connectivity index (χ2v) is 4.67. The Labute approximate surface area is 118 Å². The van der Waals surface area contributed by atoms with Gasteiger partial charge in [0.15, 0.2) is 0 Å². The highest BCUT2D eigenvalue weighted by molar-refractivity contribution is 5.75. The number of carbonyl (C=O) groups excluding carboxylic acids is 1. The summed E-state index contributed by atoms with van der Waals surface area (Å²) in [5.74, 6) is 0.0311. The van der Waals surface area contributed by atoms with Crippen molar-refractivity contribution in [2.24, 2.45) is 5.73 Å². The Bertz CT molecular complexity index is 510. The molecule has 0 aliphatic carbocycles. The van der Waals surface area contributed by atoms with Crippen molar-refractivity contribution in [1.82, 2.24) is 15.1 Å². The lowest BCUT2D eigenvalue weighted by molar-refractivity contribution is -0.121. The van der Waals surface area contributed by atoms with E-state index in [1.165, 1.54) is 0 Å². The Morgan fingerprint density at radius 3 is 2.80 bits per heavy atom. The van der Waals surface area contributed by atoms with Crippen LogP contribution in [0.4, 0.5) is 0 Å². The van der Waals surface area contributed by atoms with E-state index < -0.39 is 0 Å². The van der Waals surface area contributed by atoms with E-state index in [-0.39, 0.29) is 11.9 Å². The quantitative estimate of drug-likeness (QED) is 0.802. The van der Waals surface area contributed by atoms with E-state index in [9.17, 15) is 4.79 Å². The van der Waals surface area contributed by atoms with E-state index in [1.807, 2.05) is 42.6 Å². The molecule has 0 spiro atoms. The third-order valence-corrected chi connectivity index (χ3v) is 3.13. The van der Waals surface area contributed by atoms with Gasteiger partial charge in [-0.15, -0.1) is 0 Å². The lowest BCUT2D eigenvalue weighted by atomic mass is 10.0. The summed E-state index contributed by atoms with van der Waals surface area (Å²) in [6, 6.07) is 11.6. The van der Waals surface area contributed by atoms with Crippen LogP contribution >= 0.6 is 0 Å². The first-order chi connectivity index (χ1) is 9.75. The molecule has 2 rings (SSSR count). The van der Waals surface area contributed by atoms with Crippen molar-refractivity contribution < 1.29 is 4.79 Å². The second kappa shape index (κ2) is 7.45. The molecule has 0 aliphatic heterocycles. The molecule has 20 heavy (non-hydrogen) atoms. The summed E-state index contributed by atoms with van der Waals surface area (Å²) >= 11 is 0. The van der Waals surface area contributed by atoms with Gasteiger partial charge in [0.2, 0.25) is 5.91 Å². The van der Waals surface area contributed by atoms with E-state index in [4.69, 9.17) is 5.73 Å². The van der Waals surface area contributed by atoms with Crippen molar-refractivity contribution in [3.63, 3.8) is 0 Å². The van der Waals surface area contributed by atoms with Crippen molar-refractivity contribution in [2.45, 2.75) is 25.4 Å². The van der Waals surface area contributed by atoms with Crippen LogP contribution in [0.1, 0.15) is 24.4 Å². The summed E-state index contributed by atoms with van der Waals surface area (Å²) in [4.78, 5) is 11.7. The van der Waals surface area contributed by atoms with E-state index >= 15 is 0 Å². The van der Waals surface area contributed by atoms with Gasteiger partial charge in [0, 0.05) is 31.4 Å². The molecule has 0 saturated carbocycles. The molecule has 1 aromatic heterocycles. The van der Waals surface area contributed by atoms with Gasteiger partial charge in [-0.05, 0) is 18.1 Å². The first-order valence-electron chi connectivity index (χ1n) is 6.80. The summed E-state index contributed by atoms with van der Waals surface area (Å²) in [7, 11) is 0. The smallest absolute Gasteiger partial charge is 0.220 e. The van der Waals surface area contributed by atoms with Crippen LogP contribution in [0.3, 0.4) is 0 Å². The molecule has 1 aromatic carbocycles. The predicted molar refractivity (Wildman–Crippen MR) is 77.8 cm³/mol. The average Bonchev–Trinajstić information content (AvgIpc) is 2.99. The summed E-state index contributed by atoms with van der Waals surface area (Å²) < 4.78 is 1.79. The number of aromatic nitrogens is 2. The first kappa shape index (κ1) is 14.3. The van der Waals surface area contributed by atoms with E-state index in [0.29, 0.717) is 25.9 Å². The number of nitrogens with zero attached hydrogens (tertiary/aromatic N) is 2. The maximum atomic E-state index is 11.7. The largest absolute Gasteiger partial charge is 0.354 e. The standard InChI is InChI=1S/C15H20N4O/c16-14(13-5-2-1-3-6-13)7-8-15(20)17-10-12-19-11-4-9-18-19/h1-6,9,11,14H,7-8,10,12,16H2,(H,17,20). The molecule has 1 atom stereocenters. The number of nitrogens with one attached hydrogen (secondary N) is 1. The fourth-order valence-electron chi connectivity index (χ4n) is 1.98. The monoisotopic (exact) mass is 272 g/mol.